The molecule has 1 aromatic rings. The summed E-state index contributed by atoms with van der Waals surface area (Å²) in [5.74, 6) is 0. The first-order valence-electron chi connectivity index (χ1n) is 2.87. The third-order valence-corrected chi connectivity index (χ3v) is 1.46. The van der Waals surface area contributed by atoms with Gasteiger partial charge in [-0.3, -0.25) is 10.7 Å². The topological polar surface area (TPSA) is 56.0 Å². The molecular weight excluding hydrogens is 164 g/mol. The Morgan fingerprint density at radius 1 is 1.55 bits per heavy atom. The van der Waals surface area contributed by atoms with E-state index in [2.05, 4.69) is 0 Å². The van der Waals surface area contributed by atoms with Gasteiger partial charge in [0.15, 0.2) is 0 Å². The highest BCUT2D eigenvalue weighted by molar-refractivity contribution is 6.30. The third-order valence-electron chi connectivity index (χ3n) is 1.22. The number of anilines is 1. The van der Waals surface area contributed by atoms with Crippen molar-refractivity contribution in [1.82, 2.24) is 0 Å². The van der Waals surface area contributed by atoms with Crippen molar-refractivity contribution in [3.8, 4) is 6.07 Å². The summed E-state index contributed by atoms with van der Waals surface area (Å²) in [5.41, 5.74) is 2.57. The van der Waals surface area contributed by atoms with E-state index in [0.717, 1.165) is 0 Å². The third kappa shape index (κ3) is 1.61. The van der Waals surface area contributed by atoms with Gasteiger partial charge in [0.05, 0.1) is 11.3 Å². The average molecular weight is 169 g/mol. The normalized spacial score (nSPS) is 8.82. The number of nitrogens with one attached hydrogen (secondary N) is 1. The quantitative estimate of drug-likeness (QED) is 0.631. The van der Waals surface area contributed by atoms with Crippen molar-refractivity contribution >= 4 is 17.3 Å². The van der Waals surface area contributed by atoms with Crippen LogP contribution in [-0.4, -0.2) is 5.21 Å². The average Bonchev–Trinajstić information content (AvgIpc) is 2.04. The first-order valence-corrected chi connectivity index (χ1v) is 3.25. The Hall–Kier alpha value is -1.24. The van der Waals surface area contributed by atoms with Gasteiger partial charge in [0.25, 0.3) is 0 Å². The second-order valence-corrected chi connectivity index (χ2v) is 2.35. The predicted octanol–water partition coefficient (Wildman–Crippen LogP) is 2.01. The molecule has 0 atom stereocenters. The minimum absolute atomic E-state index is 0.319. The van der Waals surface area contributed by atoms with Crippen LogP contribution in [0.25, 0.3) is 0 Å². The maximum atomic E-state index is 8.51. The lowest BCUT2D eigenvalue weighted by Gasteiger charge is -1.99. The molecule has 0 saturated carbocycles. The number of nitriles is 1. The van der Waals surface area contributed by atoms with Gasteiger partial charge in [-0.15, -0.1) is 0 Å². The molecule has 0 aromatic heterocycles. The zero-order chi connectivity index (χ0) is 8.27. The molecular formula is C7H5ClN2O. The largest absolute Gasteiger partial charge is 0.291 e. The van der Waals surface area contributed by atoms with Crippen LogP contribution in [0.3, 0.4) is 0 Å². The van der Waals surface area contributed by atoms with Gasteiger partial charge in [-0.2, -0.15) is 5.26 Å². The van der Waals surface area contributed by atoms with E-state index >= 15 is 0 Å². The van der Waals surface area contributed by atoms with Gasteiger partial charge in [0.2, 0.25) is 0 Å². The van der Waals surface area contributed by atoms with E-state index in [1.54, 1.807) is 6.07 Å². The highest BCUT2D eigenvalue weighted by Crippen LogP contribution is 2.18. The maximum Gasteiger partial charge on any atom is 0.101 e. The number of rotatable bonds is 1. The van der Waals surface area contributed by atoms with Crippen molar-refractivity contribution in [3.05, 3.63) is 28.8 Å². The number of nitrogens with zero attached hydrogens (tertiary/aromatic N) is 1. The first-order chi connectivity index (χ1) is 5.27. The molecule has 0 saturated heterocycles. The van der Waals surface area contributed by atoms with Gasteiger partial charge in [-0.05, 0) is 18.2 Å². The van der Waals surface area contributed by atoms with Crippen LogP contribution >= 0.6 is 11.6 Å². The Labute approximate surface area is 68.8 Å². The van der Waals surface area contributed by atoms with E-state index in [0.29, 0.717) is 16.3 Å². The van der Waals surface area contributed by atoms with Gasteiger partial charge in [0, 0.05) is 5.02 Å². The van der Waals surface area contributed by atoms with Crippen molar-refractivity contribution < 1.29 is 5.21 Å². The first kappa shape index (κ1) is 7.86. The maximum absolute atomic E-state index is 8.51. The Bertz CT molecular complexity index is 306. The number of benzene rings is 1. The van der Waals surface area contributed by atoms with Crippen LogP contribution in [0.15, 0.2) is 18.2 Å². The lowest BCUT2D eigenvalue weighted by atomic mass is 10.2. The summed E-state index contributed by atoms with van der Waals surface area (Å²) in [4.78, 5) is 0. The zero-order valence-corrected chi connectivity index (χ0v) is 6.26. The van der Waals surface area contributed by atoms with Crippen molar-refractivity contribution in [3.63, 3.8) is 0 Å². The summed E-state index contributed by atoms with van der Waals surface area (Å²) < 4.78 is 0. The Morgan fingerprint density at radius 2 is 2.27 bits per heavy atom. The molecule has 0 bridgehead atoms. The summed E-state index contributed by atoms with van der Waals surface area (Å²) in [6.45, 7) is 0. The Kier molecular flexibility index (Phi) is 2.32. The van der Waals surface area contributed by atoms with E-state index in [1.165, 1.54) is 12.1 Å². The molecule has 0 heterocycles. The highest BCUT2D eigenvalue weighted by Gasteiger charge is 1.99. The summed E-state index contributed by atoms with van der Waals surface area (Å²) >= 11 is 5.59. The lowest BCUT2D eigenvalue weighted by Crippen LogP contribution is -1.92. The molecule has 0 amide bonds. The summed E-state index contributed by atoms with van der Waals surface area (Å²) in [5, 5.41) is 17.5. The highest BCUT2D eigenvalue weighted by atomic mass is 35.5. The van der Waals surface area contributed by atoms with Gasteiger partial charge < -0.3 is 0 Å². The summed E-state index contributed by atoms with van der Waals surface area (Å²) in [6, 6.07) is 6.47. The summed E-state index contributed by atoms with van der Waals surface area (Å²) in [6.07, 6.45) is 0. The van der Waals surface area contributed by atoms with E-state index in [9.17, 15) is 0 Å². The van der Waals surface area contributed by atoms with E-state index in [-0.39, 0.29) is 0 Å². The molecule has 0 aliphatic carbocycles. The van der Waals surface area contributed by atoms with Crippen LogP contribution in [-0.2, 0) is 0 Å². The van der Waals surface area contributed by atoms with Crippen LogP contribution < -0.4 is 5.48 Å². The van der Waals surface area contributed by atoms with Gasteiger partial charge in [-0.25, -0.2) is 0 Å². The second-order valence-electron chi connectivity index (χ2n) is 1.91. The SMILES string of the molecule is N#Cc1cc(Cl)ccc1NO. The molecule has 2 N–H and O–H groups in total. The molecule has 0 unspecified atom stereocenters. The fourth-order valence-electron chi connectivity index (χ4n) is 0.706. The summed E-state index contributed by atoms with van der Waals surface area (Å²) in [7, 11) is 0. The van der Waals surface area contributed by atoms with Gasteiger partial charge in [-0.1, -0.05) is 11.6 Å². The smallest absolute Gasteiger partial charge is 0.101 e. The molecule has 56 valence electrons. The second kappa shape index (κ2) is 3.24. The Morgan fingerprint density at radius 3 is 2.82 bits per heavy atom. The van der Waals surface area contributed by atoms with Crippen molar-refractivity contribution in [2.45, 2.75) is 0 Å². The number of hydrogen-bond acceptors (Lipinski definition) is 3. The van der Waals surface area contributed by atoms with E-state index < -0.39 is 0 Å². The molecule has 0 fully saturated rings. The van der Waals surface area contributed by atoms with Crippen molar-refractivity contribution in [2.75, 3.05) is 5.48 Å². The molecule has 1 rings (SSSR count). The fourth-order valence-corrected chi connectivity index (χ4v) is 0.879. The molecule has 0 aliphatic rings. The molecule has 0 aliphatic heterocycles. The zero-order valence-electron chi connectivity index (χ0n) is 5.50. The van der Waals surface area contributed by atoms with Crippen LogP contribution in [0, 0.1) is 11.3 Å². The van der Waals surface area contributed by atoms with E-state index in [4.69, 9.17) is 22.1 Å². The minimum atomic E-state index is 0.319. The van der Waals surface area contributed by atoms with Gasteiger partial charge >= 0.3 is 0 Å². The van der Waals surface area contributed by atoms with Crippen LogP contribution in [0.1, 0.15) is 5.56 Å². The lowest BCUT2D eigenvalue weighted by molar-refractivity contribution is 0.388. The van der Waals surface area contributed by atoms with E-state index in [1.807, 2.05) is 11.5 Å². The molecule has 3 nitrogen and oxygen atoms in total. The van der Waals surface area contributed by atoms with Crippen LogP contribution in [0.2, 0.25) is 5.02 Å². The minimum Gasteiger partial charge on any atom is -0.291 e. The Balaban J connectivity index is 3.19. The fraction of sp³-hybridized carbons (Fsp3) is 0. The molecule has 4 heteroatoms. The molecule has 0 radical (unpaired) electrons. The number of hydrogen-bond donors (Lipinski definition) is 2. The predicted molar refractivity (Wildman–Crippen MR) is 41.6 cm³/mol. The monoisotopic (exact) mass is 168 g/mol. The molecule has 1 aromatic carbocycles. The van der Waals surface area contributed by atoms with Crippen LogP contribution in [0.5, 0.6) is 0 Å². The standard InChI is InChI=1S/C7H5ClN2O/c8-6-1-2-7(10-11)5(3-6)4-9/h1-3,10-11H. The molecule has 11 heavy (non-hydrogen) atoms. The molecule has 0 spiro atoms. The van der Waals surface area contributed by atoms with Crippen molar-refractivity contribution in [2.24, 2.45) is 0 Å². The van der Waals surface area contributed by atoms with Crippen molar-refractivity contribution in [1.29, 1.82) is 5.26 Å². The number of halogens is 1. The van der Waals surface area contributed by atoms with Gasteiger partial charge in [0.1, 0.15) is 6.07 Å². The van der Waals surface area contributed by atoms with Crippen LogP contribution in [0.4, 0.5) is 5.69 Å².